The quantitative estimate of drug-likeness (QED) is 0.356. The monoisotopic (exact) mass is 482 g/mol. The van der Waals surface area contributed by atoms with Crippen molar-refractivity contribution < 1.29 is 9.53 Å². The molecule has 0 amide bonds. The molecule has 5 nitrogen and oxygen atoms in total. The maximum atomic E-state index is 13.3. The summed E-state index contributed by atoms with van der Waals surface area (Å²) in [6, 6.07) is 15.0. The van der Waals surface area contributed by atoms with E-state index in [2.05, 4.69) is 20.9 Å². The fourth-order valence-corrected chi connectivity index (χ4v) is 4.64. The second-order valence-electron chi connectivity index (χ2n) is 6.82. The summed E-state index contributed by atoms with van der Waals surface area (Å²) < 4.78 is 7.61. The van der Waals surface area contributed by atoms with Crippen LogP contribution < -0.4 is 5.56 Å². The molecule has 0 aliphatic carbocycles. The third-order valence-electron chi connectivity index (χ3n) is 4.81. The molecule has 4 rings (SSSR count). The van der Waals surface area contributed by atoms with Crippen LogP contribution in [-0.2, 0) is 11.3 Å². The normalized spacial score (nSPS) is 11.0. The molecule has 0 aliphatic rings. The minimum Gasteiger partial charge on any atom is -0.462 e. The van der Waals surface area contributed by atoms with E-state index >= 15 is 0 Å². The lowest BCUT2D eigenvalue weighted by molar-refractivity contribution is 0.0526. The molecular weight excluding hydrogens is 464 g/mol. The number of ether oxygens (including phenoxy) is 1. The smallest absolute Gasteiger partial charge is 0.338 e. The topological polar surface area (TPSA) is 61.2 Å². The molecule has 30 heavy (non-hydrogen) atoms. The average molecular weight is 483 g/mol. The van der Waals surface area contributed by atoms with Crippen LogP contribution in [0, 0.1) is 6.92 Å². The molecule has 0 atom stereocenters. The van der Waals surface area contributed by atoms with Crippen molar-refractivity contribution in [2.45, 2.75) is 20.4 Å². The van der Waals surface area contributed by atoms with Crippen molar-refractivity contribution in [3.8, 4) is 11.1 Å². The Morgan fingerprint density at radius 2 is 1.83 bits per heavy atom. The Kier molecular flexibility index (Phi) is 5.83. The lowest BCUT2D eigenvalue weighted by Crippen LogP contribution is -2.21. The van der Waals surface area contributed by atoms with Crippen LogP contribution in [0.4, 0.5) is 0 Å². The van der Waals surface area contributed by atoms with Gasteiger partial charge in [0.25, 0.3) is 5.56 Å². The number of carbonyl (C=O) groups excluding carboxylic acids is 1. The van der Waals surface area contributed by atoms with Crippen LogP contribution in [0.15, 0.2) is 64.1 Å². The Bertz CT molecular complexity index is 1280. The number of benzene rings is 2. The van der Waals surface area contributed by atoms with E-state index < -0.39 is 0 Å². The zero-order valence-electron chi connectivity index (χ0n) is 16.5. The average Bonchev–Trinajstić information content (AvgIpc) is 3.08. The van der Waals surface area contributed by atoms with Crippen molar-refractivity contribution in [1.29, 1.82) is 0 Å². The van der Waals surface area contributed by atoms with Crippen LogP contribution in [0.5, 0.6) is 0 Å². The molecule has 0 aliphatic heterocycles. The maximum Gasteiger partial charge on any atom is 0.338 e. The first-order valence-electron chi connectivity index (χ1n) is 9.48. The van der Waals surface area contributed by atoms with Gasteiger partial charge >= 0.3 is 5.97 Å². The number of esters is 1. The Hall–Kier alpha value is -2.77. The summed E-state index contributed by atoms with van der Waals surface area (Å²) in [4.78, 5) is 31.5. The summed E-state index contributed by atoms with van der Waals surface area (Å²) in [6.07, 6.45) is 1.59. The van der Waals surface area contributed by atoms with Crippen molar-refractivity contribution in [3.05, 3.63) is 85.7 Å². The van der Waals surface area contributed by atoms with Gasteiger partial charge in [0.15, 0.2) is 0 Å². The molecule has 0 fully saturated rings. The summed E-state index contributed by atoms with van der Waals surface area (Å²) in [5.74, 6) is -0.350. The van der Waals surface area contributed by atoms with Crippen LogP contribution >= 0.6 is 27.3 Å². The van der Waals surface area contributed by atoms with Gasteiger partial charge in [-0.15, -0.1) is 11.3 Å². The zero-order chi connectivity index (χ0) is 21.3. The highest BCUT2D eigenvalue weighted by Crippen LogP contribution is 2.35. The van der Waals surface area contributed by atoms with Crippen molar-refractivity contribution in [2.24, 2.45) is 0 Å². The Balaban J connectivity index is 1.72. The summed E-state index contributed by atoms with van der Waals surface area (Å²) in [6.45, 7) is 4.50. The van der Waals surface area contributed by atoms with Crippen LogP contribution in [0.1, 0.15) is 27.7 Å². The lowest BCUT2D eigenvalue weighted by Gasteiger charge is -2.08. The number of halogens is 1. The molecule has 0 N–H and O–H groups in total. The number of nitrogens with zero attached hydrogens (tertiary/aromatic N) is 2. The van der Waals surface area contributed by atoms with Gasteiger partial charge < -0.3 is 4.74 Å². The van der Waals surface area contributed by atoms with Crippen LogP contribution in [0.3, 0.4) is 0 Å². The summed E-state index contributed by atoms with van der Waals surface area (Å²) >= 11 is 4.99. The van der Waals surface area contributed by atoms with Gasteiger partial charge in [-0.3, -0.25) is 9.36 Å². The van der Waals surface area contributed by atoms with Gasteiger partial charge in [-0.25, -0.2) is 9.78 Å². The molecule has 0 radical (unpaired) electrons. The molecule has 0 bridgehead atoms. The minimum atomic E-state index is -0.350. The standard InChI is InChI=1S/C23H19BrN2O3S/c1-3-29-23(28)17-6-4-15(5-7-17)12-26-13-25-21-20(22(26)27)19(14(2)30-21)16-8-10-18(24)11-9-16/h4-11,13H,3,12H2,1-2H3. The second kappa shape index (κ2) is 8.53. The molecule has 2 aromatic carbocycles. The Morgan fingerprint density at radius 1 is 1.13 bits per heavy atom. The first kappa shape index (κ1) is 20.5. The van der Waals surface area contributed by atoms with E-state index in [0.29, 0.717) is 24.1 Å². The van der Waals surface area contributed by atoms with E-state index in [0.717, 1.165) is 30.9 Å². The first-order chi connectivity index (χ1) is 14.5. The number of aromatic nitrogens is 2. The summed E-state index contributed by atoms with van der Waals surface area (Å²) in [5, 5.41) is 0.644. The molecule has 2 aromatic heterocycles. The maximum absolute atomic E-state index is 13.3. The van der Waals surface area contributed by atoms with E-state index in [4.69, 9.17) is 4.74 Å². The number of aryl methyl sites for hydroxylation is 1. The SMILES string of the molecule is CCOC(=O)c1ccc(Cn2cnc3sc(C)c(-c4ccc(Br)cc4)c3c2=O)cc1. The molecule has 7 heteroatoms. The van der Waals surface area contributed by atoms with Crippen LogP contribution in [0.25, 0.3) is 21.3 Å². The van der Waals surface area contributed by atoms with Gasteiger partial charge in [-0.05, 0) is 49.2 Å². The molecule has 0 unspecified atom stereocenters. The van der Waals surface area contributed by atoms with Gasteiger partial charge in [0.05, 0.1) is 30.4 Å². The zero-order valence-corrected chi connectivity index (χ0v) is 18.9. The van der Waals surface area contributed by atoms with E-state index in [9.17, 15) is 9.59 Å². The van der Waals surface area contributed by atoms with Gasteiger partial charge in [-0.1, -0.05) is 40.2 Å². The molecule has 2 heterocycles. The molecule has 4 aromatic rings. The molecule has 0 saturated heterocycles. The van der Waals surface area contributed by atoms with Crippen molar-refractivity contribution >= 4 is 43.5 Å². The Morgan fingerprint density at radius 3 is 2.50 bits per heavy atom. The highest BCUT2D eigenvalue weighted by Gasteiger charge is 2.17. The van der Waals surface area contributed by atoms with E-state index in [-0.39, 0.29) is 11.5 Å². The molecule has 152 valence electrons. The van der Waals surface area contributed by atoms with Crippen LogP contribution in [0.2, 0.25) is 0 Å². The molecular formula is C23H19BrN2O3S. The predicted molar refractivity (Wildman–Crippen MR) is 123 cm³/mol. The predicted octanol–water partition coefficient (Wildman–Crippen LogP) is 5.42. The number of hydrogen-bond donors (Lipinski definition) is 0. The van der Waals surface area contributed by atoms with Crippen molar-refractivity contribution in [2.75, 3.05) is 6.61 Å². The molecule has 0 spiro atoms. The highest BCUT2D eigenvalue weighted by atomic mass is 79.9. The first-order valence-corrected chi connectivity index (χ1v) is 11.1. The van der Waals surface area contributed by atoms with E-state index in [1.54, 1.807) is 30.0 Å². The minimum absolute atomic E-state index is 0.0725. The van der Waals surface area contributed by atoms with Crippen molar-refractivity contribution in [3.63, 3.8) is 0 Å². The van der Waals surface area contributed by atoms with E-state index in [1.165, 1.54) is 11.3 Å². The Labute approximate surface area is 186 Å². The number of hydrogen-bond acceptors (Lipinski definition) is 5. The van der Waals surface area contributed by atoms with Crippen molar-refractivity contribution in [1.82, 2.24) is 9.55 Å². The molecule has 0 saturated carbocycles. The van der Waals surface area contributed by atoms with Gasteiger partial charge in [0.2, 0.25) is 0 Å². The largest absolute Gasteiger partial charge is 0.462 e. The third kappa shape index (κ3) is 3.95. The van der Waals surface area contributed by atoms with Crippen LogP contribution in [-0.4, -0.2) is 22.1 Å². The van der Waals surface area contributed by atoms with Gasteiger partial charge in [0.1, 0.15) is 4.83 Å². The van der Waals surface area contributed by atoms with Gasteiger partial charge in [-0.2, -0.15) is 0 Å². The number of rotatable bonds is 5. The highest BCUT2D eigenvalue weighted by molar-refractivity contribution is 9.10. The second-order valence-corrected chi connectivity index (χ2v) is 8.93. The fourth-order valence-electron chi connectivity index (χ4n) is 3.37. The number of thiophene rings is 1. The van der Waals surface area contributed by atoms with E-state index in [1.807, 2.05) is 43.3 Å². The third-order valence-corrected chi connectivity index (χ3v) is 6.35. The number of carbonyl (C=O) groups is 1. The summed E-state index contributed by atoms with van der Waals surface area (Å²) in [5.41, 5.74) is 3.26. The van der Waals surface area contributed by atoms with Gasteiger partial charge in [0, 0.05) is 14.9 Å². The fraction of sp³-hybridized carbons (Fsp3) is 0.174. The summed E-state index contributed by atoms with van der Waals surface area (Å²) in [7, 11) is 0. The lowest BCUT2D eigenvalue weighted by atomic mass is 10.0. The number of fused-ring (bicyclic) bond motifs is 1.